The fourth-order valence-corrected chi connectivity index (χ4v) is 1.69. The number of para-hydroxylation sites is 1. The second-order valence-corrected chi connectivity index (χ2v) is 4.00. The average molecular weight is 241 g/mol. The molecule has 3 heteroatoms. The van der Waals surface area contributed by atoms with Crippen LogP contribution in [0.3, 0.4) is 0 Å². The number of carbonyl (C=O) groups excluding carboxylic acids is 1. The van der Waals surface area contributed by atoms with E-state index in [1.165, 1.54) is 0 Å². The number of aryl methyl sites for hydroxylation is 1. The average Bonchev–Trinajstić information content (AvgIpc) is 2.47. The van der Waals surface area contributed by atoms with Gasteiger partial charge in [0.1, 0.15) is 0 Å². The van der Waals surface area contributed by atoms with Crippen molar-refractivity contribution in [3.05, 3.63) is 65.7 Å². The van der Waals surface area contributed by atoms with Crippen molar-refractivity contribution in [2.75, 3.05) is 5.06 Å². The lowest BCUT2D eigenvalue weighted by atomic mass is 10.1. The molecule has 0 heterocycles. The van der Waals surface area contributed by atoms with Crippen LogP contribution in [0.5, 0.6) is 0 Å². The van der Waals surface area contributed by atoms with Crippen LogP contribution >= 0.6 is 0 Å². The number of anilines is 1. The molecule has 0 atom stereocenters. The van der Waals surface area contributed by atoms with Crippen LogP contribution in [0.25, 0.3) is 0 Å². The van der Waals surface area contributed by atoms with E-state index in [0.717, 1.165) is 12.0 Å². The van der Waals surface area contributed by atoms with E-state index >= 15 is 0 Å². The maximum Gasteiger partial charge on any atom is 0.281 e. The Morgan fingerprint density at radius 1 is 1.06 bits per heavy atom. The molecule has 0 saturated carbocycles. The third-order valence-corrected chi connectivity index (χ3v) is 2.80. The first-order valence-electron chi connectivity index (χ1n) is 5.89. The van der Waals surface area contributed by atoms with Crippen LogP contribution < -0.4 is 5.06 Å². The number of carbonyl (C=O) groups is 1. The Bertz CT molecular complexity index is 520. The van der Waals surface area contributed by atoms with E-state index in [1.54, 1.807) is 36.4 Å². The van der Waals surface area contributed by atoms with Gasteiger partial charge in [-0.15, -0.1) is 0 Å². The van der Waals surface area contributed by atoms with Crippen molar-refractivity contribution >= 4 is 11.6 Å². The van der Waals surface area contributed by atoms with Crippen LogP contribution in [-0.4, -0.2) is 11.1 Å². The van der Waals surface area contributed by atoms with Gasteiger partial charge in [0.05, 0.1) is 5.69 Å². The molecule has 2 aromatic rings. The number of hydrogen-bond acceptors (Lipinski definition) is 2. The van der Waals surface area contributed by atoms with Crippen LogP contribution in [0.4, 0.5) is 5.69 Å². The molecular formula is C15H15NO2. The van der Waals surface area contributed by atoms with Gasteiger partial charge in [0, 0.05) is 5.56 Å². The summed E-state index contributed by atoms with van der Waals surface area (Å²) < 4.78 is 0. The highest BCUT2D eigenvalue weighted by molar-refractivity contribution is 6.04. The van der Waals surface area contributed by atoms with Gasteiger partial charge in [0.15, 0.2) is 0 Å². The predicted molar refractivity (Wildman–Crippen MR) is 70.9 cm³/mol. The molecule has 3 nitrogen and oxygen atoms in total. The summed E-state index contributed by atoms with van der Waals surface area (Å²) >= 11 is 0. The maximum atomic E-state index is 12.0. The van der Waals surface area contributed by atoms with Crippen LogP contribution in [0, 0.1) is 0 Å². The van der Waals surface area contributed by atoms with Gasteiger partial charge in [-0.3, -0.25) is 10.0 Å². The van der Waals surface area contributed by atoms with Crippen LogP contribution in [0.2, 0.25) is 0 Å². The van der Waals surface area contributed by atoms with Crippen molar-refractivity contribution < 1.29 is 10.0 Å². The molecule has 0 fully saturated rings. The third-order valence-electron chi connectivity index (χ3n) is 2.80. The summed E-state index contributed by atoms with van der Waals surface area (Å²) in [5.74, 6) is -0.427. The van der Waals surface area contributed by atoms with E-state index in [0.29, 0.717) is 16.3 Å². The van der Waals surface area contributed by atoms with E-state index in [4.69, 9.17) is 0 Å². The number of rotatable bonds is 3. The quantitative estimate of drug-likeness (QED) is 0.661. The highest BCUT2D eigenvalue weighted by Crippen LogP contribution is 2.15. The lowest BCUT2D eigenvalue weighted by Gasteiger charge is -2.14. The molecular weight excluding hydrogens is 226 g/mol. The Balaban J connectivity index is 2.20. The Labute approximate surface area is 106 Å². The number of nitrogens with zero attached hydrogens (tertiary/aromatic N) is 1. The number of hydrogen-bond donors (Lipinski definition) is 1. The van der Waals surface area contributed by atoms with Crippen LogP contribution in [0.15, 0.2) is 54.6 Å². The summed E-state index contributed by atoms with van der Waals surface area (Å²) in [5.41, 5.74) is 2.09. The van der Waals surface area contributed by atoms with Gasteiger partial charge < -0.3 is 0 Å². The Hall–Kier alpha value is -2.13. The fourth-order valence-electron chi connectivity index (χ4n) is 1.69. The van der Waals surface area contributed by atoms with Crippen molar-refractivity contribution in [1.29, 1.82) is 0 Å². The molecule has 0 aliphatic heterocycles. The summed E-state index contributed by atoms with van der Waals surface area (Å²) in [7, 11) is 0. The molecule has 0 unspecified atom stereocenters. The third kappa shape index (κ3) is 2.57. The smallest absolute Gasteiger partial charge is 0.281 e. The van der Waals surface area contributed by atoms with Gasteiger partial charge in [-0.25, -0.2) is 0 Å². The van der Waals surface area contributed by atoms with Crippen molar-refractivity contribution in [2.45, 2.75) is 13.3 Å². The zero-order chi connectivity index (χ0) is 13.0. The molecule has 0 aliphatic carbocycles. The van der Waals surface area contributed by atoms with Gasteiger partial charge in [0.2, 0.25) is 0 Å². The van der Waals surface area contributed by atoms with Crippen molar-refractivity contribution in [3.63, 3.8) is 0 Å². The topological polar surface area (TPSA) is 40.5 Å². The SMILES string of the molecule is CCc1ccc(C(=O)N(O)c2ccccc2)cc1. The molecule has 0 bridgehead atoms. The zero-order valence-corrected chi connectivity index (χ0v) is 10.2. The number of benzene rings is 2. The van der Waals surface area contributed by atoms with Gasteiger partial charge in [-0.2, -0.15) is 5.06 Å². The molecule has 18 heavy (non-hydrogen) atoms. The minimum absolute atomic E-state index is 0.427. The van der Waals surface area contributed by atoms with Gasteiger partial charge in [-0.1, -0.05) is 37.3 Å². The second kappa shape index (κ2) is 5.47. The molecule has 0 saturated heterocycles. The van der Waals surface area contributed by atoms with Gasteiger partial charge in [0.25, 0.3) is 5.91 Å². The fraction of sp³-hybridized carbons (Fsp3) is 0.133. The van der Waals surface area contributed by atoms with E-state index in [-0.39, 0.29) is 0 Å². The first-order chi connectivity index (χ1) is 8.72. The van der Waals surface area contributed by atoms with Gasteiger partial charge in [-0.05, 0) is 36.2 Å². The summed E-state index contributed by atoms with van der Waals surface area (Å²) in [4.78, 5) is 12.0. The number of hydroxylamine groups is 1. The minimum Gasteiger partial charge on any atom is -0.281 e. The van der Waals surface area contributed by atoms with E-state index in [1.807, 2.05) is 18.2 Å². The van der Waals surface area contributed by atoms with Crippen LogP contribution in [-0.2, 0) is 6.42 Å². The van der Waals surface area contributed by atoms with Gasteiger partial charge >= 0.3 is 0 Å². The Kier molecular flexibility index (Phi) is 3.75. The summed E-state index contributed by atoms with van der Waals surface area (Å²) in [6.07, 6.45) is 0.927. The maximum absolute atomic E-state index is 12.0. The molecule has 0 aromatic heterocycles. The normalized spacial score (nSPS) is 10.1. The molecule has 0 radical (unpaired) electrons. The molecule has 2 rings (SSSR count). The standard InChI is InChI=1S/C15H15NO2/c1-2-12-8-10-13(11-9-12)15(17)16(18)14-6-4-3-5-7-14/h3-11,18H,2H2,1H3. The monoisotopic (exact) mass is 241 g/mol. The van der Waals surface area contributed by atoms with Crippen molar-refractivity contribution in [1.82, 2.24) is 0 Å². The highest BCUT2D eigenvalue weighted by Gasteiger charge is 2.14. The first kappa shape index (κ1) is 12.3. The van der Waals surface area contributed by atoms with Crippen molar-refractivity contribution in [3.8, 4) is 0 Å². The summed E-state index contributed by atoms with van der Waals surface area (Å²) in [6.45, 7) is 2.05. The molecule has 2 aromatic carbocycles. The van der Waals surface area contributed by atoms with E-state index in [9.17, 15) is 10.0 Å². The lowest BCUT2D eigenvalue weighted by Crippen LogP contribution is -2.26. The van der Waals surface area contributed by atoms with E-state index < -0.39 is 5.91 Å². The highest BCUT2D eigenvalue weighted by atomic mass is 16.5. The van der Waals surface area contributed by atoms with Crippen LogP contribution in [0.1, 0.15) is 22.8 Å². The Morgan fingerprint density at radius 2 is 1.67 bits per heavy atom. The van der Waals surface area contributed by atoms with Crippen molar-refractivity contribution in [2.24, 2.45) is 0 Å². The lowest BCUT2D eigenvalue weighted by molar-refractivity contribution is 0.0855. The Morgan fingerprint density at radius 3 is 2.22 bits per heavy atom. The molecule has 0 aliphatic rings. The summed E-state index contributed by atoms with van der Waals surface area (Å²) in [6, 6.07) is 16.0. The first-order valence-corrected chi connectivity index (χ1v) is 5.89. The van der Waals surface area contributed by atoms with E-state index in [2.05, 4.69) is 6.92 Å². The number of amides is 1. The molecule has 1 N–H and O–H groups in total. The largest absolute Gasteiger partial charge is 0.281 e. The molecule has 1 amide bonds. The molecule has 0 spiro atoms. The zero-order valence-electron chi connectivity index (χ0n) is 10.2. The second-order valence-electron chi connectivity index (χ2n) is 4.00. The molecule has 92 valence electrons. The summed E-state index contributed by atoms with van der Waals surface area (Å²) in [5, 5.41) is 10.5. The minimum atomic E-state index is -0.427. The predicted octanol–water partition coefficient (Wildman–Crippen LogP) is 3.29.